The van der Waals surface area contributed by atoms with Crippen LogP contribution in [0.25, 0.3) is 5.65 Å². The van der Waals surface area contributed by atoms with Gasteiger partial charge in [0.15, 0.2) is 5.65 Å². The van der Waals surface area contributed by atoms with Gasteiger partial charge in [-0.1, -0.05) is 0 Å². The molecule has 2 heterocycles. The number of hydrogen-bond acceptors (Lipinski definition) is 5. The Balaban J connectivity index is 2.10. The number of esters is 1. The highest BCUT2D eigenvalue weighted by Gasteiger charge is 2.17. The lowest BCUT2D eigenvalue weighted by Gasteiger charge is -2.13. The molecule has 0 atom stereocenters. The maximum absolute atomic E-state index is 14.1. The fourth-order valence-corrected chi connectivity index (χ4v) is 2.71. The van der Waals surface area contributed by atoms with E-state index in [0.29, 0.717) is 17.2 Å². The fourth-order valence-electron chi connectivity index (χ4n) is 2.26. The number of carbonyl (C=O) groups excluding carboxylic acids is 1. The standard InChI is InChI=1S/C16H14FIN4O2/c1-3-24-16(23)11-8-22-9(2)20-21-15(22)7-14(11)19-13-5-4-10(18)6-12(13)17/h4-8,19H,3H2,1-2H3. The van der Waals surface area contributed by atoms with Crippen LogP contribution >= 0.6 is 22.6 Å². The van der Waals surface area contributed by atoms with Gasteiger partial charge in [-0.2, -0.15) is 0 Å². The number of aryl methyl sites for hydroxylation is 1. The summed E-state index contributed by atoms with van der Waals surface area (Å²) in [5, 5.41) is 11.0. The maximum Gasteiger partial charge on any atom is 0.341 e. The van der Waals surface area contributed by atoms with Gasteiger partial charge in [0, 0.05) is 15.8 Å². The highest BCUT2D eigenvalue weighted by molar-refractivity contribution is 14.1. The lowest BCUT2D eigenvalue weighted by atomic mass is 10.2. The van der Waals surface area contributed by atoms with Crippen LogP contribution in [0.2, 0.25) is 0 Å². The number of rotatable bonds is 4. The van der Waals surface area contributed by atoms with E-state index in [1.165, 1.54) is 6.07 Å². The molecule has 0 saturated heterocycles. The number of pyridine rings is 1. The predicted octanol–water partition coefficient (Wildman–Crippen LogP) is 3.70. The zero-order chi connectivity index (χ0) is 17.3. The number of nitrogens with zero attached hydrogens (tertiary/aromatic N) is 3. The minimum absolute atomic E-state index is 0.245. The molecular formula is C16H14FIN4O2. The zero-order valence-corrected chi connectivity index (χ0v) is 15.2. The molecule has 1 aromatic carbocycles. The number of nitrogens with one attached hydrogen (secondary N) is 1. The quantitative estimate of drug-likeness (QED) is 0.495. The molecule has 0 aliphatic rings. The first-order valence-electron chi connectivity index (χ1n) is 7.24. The van der Waals surface area contributed by atoms with Crippen molar-refractivity contribution in [1.82, 2.24) is 14.6 Å². The molecule has 0 saturated carbocycles. The van der Waals surface area contributed by atoms with Crippen molar-refractivity contribution in [2.75, 3.05) is 11.9 Å². The van der Waals surface area contributed by atoms with Gasteiger partial charge in [-0.05, 0) is 54.6 Å². The van der Waals surface area contributed by atoms with Crippen molar-refractivity contribution < 1.29 is 13.9 Å². The van der Waals surface area contributed by atoms with E-state index in [4.69, 9.17) is 4.74 Å². The second-order valence-electron chi connectivity index (χ2n) is 5.05. The van der Waals surface area contributed by atoms with Crippen LogP contribution in [0.1, 0.15) is 23.1 Å². The average molecular weight is 440 g/mol. The number of halogens is 2. The summed E-state index contributed by atoms with van der Waals surface area (Å²) in [6.07, 6.45) is 1.59. The summed E-state index contributed by atoms with van der Waals surface area (Å²) in [4.78, 5) is 12.3. The van der Waals surface area contributed by atoms with E-state index >= 15 is 0 Å². The number of carbonyl (C=O) groups is 1. The molecular weight excluding hydrogens is 426 g/mol. The van der Waals surface area contributed by atoms with Gasteiger partial charge in [0.1, 0.15) is 11.6 Å². The summed E-state index contributed by atoms with van der Waals surface area (Å²) in [6, 6.07) is 6.44. The Morgan fingerprint density at radius 3 is 2.83 bits per heavy atom. The Morgan fingerprint density at radius 2 is 2.12 bits per heavy atom. The third-order valence-electron chi connectivity index (χ3n) is 3.41. The third-order valence-corrected chi connectivity index (χ3v) is 4.08. The van der Waals surface area contributed by atoms with E-state index < -0.39 is 11.8 Å². The van der Waals surface area contributed by atoms with Gasteiger partial charge in [-0.15, -0.1) is 10.2 Å². The van der Waals surface area contributed by atoms with Crippen molar-refractivity contribution in [2.24, 2.45) is 0 Å². The van der Waals surface area contributed by atoms with Crippen molar-refractivity contribution in [1.29, 1.82) is 0 Å². The van der Waals surface area contributed by atoms with Crippen LogP contribution in [-0.4, -0.2) is 27.2 Å². The predicted molar refractivity (Wildman–Crippen MR) is 96.1 cm³/mol. The van der Waals surface area contributed by atoms with Gasteiger partial charge < -0.3 is 10.1 Å². The maximum atomic E-state index is 14.1. The summed E-state index contributed by atoms with van der Waals surface area (Å²) in [7, 11) is 0. The third kappa shape index (κ3) is 3.18. The van der Waals surface area contributed by atoms with Gasteiger partial charge in [0.2, 0.25) is 0 Å². The smallest absolute Gasteiger partial charge is 0.341 e. The van der Waals surface area contributed by atoms with Gasteiger partial charge >= 0.3 is 5.97 Å². The summed E-state index contributed by atoms with van der Waals surface area (Å²) in [6.45, 7) is 3.75. The lowest BCUT2D eigenvalue weighted by Crippen LogP contribution is -2.10. The van der Waals surface area contributed by atoms with Crippen LogP contribution in [0.5, 0.6) is 0 Å². The van der Waals surface area contributed by atoms with Crippen molar-refractivity contribution in [2.45, 2.75) is 13.8 Å². The molecule has 1 N–H and O–H groups in total. The molecule has 0 bridgehead atoms. The monoisotopic (exact) mass is 440 g/mol. The van der Waals surface area contributed by atoms with E-state index in [0.717, 1.165) is 3.57 Å². The van der Waals surface area contributed by atoms with Crippen LogP contribution in [0.15, 0.2) is 30.5 Å². The van der Waals surface area contributed by atoms with Crippen molar-refractivity contribution >= 4 is 45.6 Å². The summed E-state index contributed by atoms with van der Waals surface area (Å²) >= 11 is 2.03. The highest BCUT2D eigenvalue weighted by atomic mass is 127. The van der Waals surface area contributed by atoms with Gasteiger partial charge in [0.05, 0.1) is 23.5 Å². The second-order valence-corrected chi connectivity index (χ2v) is 6.29. The summed E-state index contributed by atoms with van der Waals surface area (Å²) in [5.41, 5.74) is 1.51. The number of ether oxygens (including phenoxy) is 1. The fraction of sp³-hybridized carbons (Fsp3) is 0.188. The van der Waals surface area contributed by atoms with Gasteiger partial charge in [0.25, 0.3) is 0 Å². The molecule has 8 heteroatoms. The van der Waals surface area contributed by atoms with Crippen molar-refractivity contribution in [3.8, 4) is 0 Å². The molecule has 124 valence electrons. The van der Waals surface area contributed by atoms with Crippen LogP contribution in [0.4, 0.5) is 15.8 Å². The largest absolute Gasteiger partial charge is 0.462 e. The minimum Gasteiger partial charge on any atom is -0.462 e. The first-order valence-corrected chi connectivity index (χ1v) is 8.32. The molecule has 0 fully saturated rings. The van der Waals surface area contributed by atoms with Crippen LogP contribution in [0, 0.1) is 16.3 Å². The number of fused-ring (bicyclic) bond motifs is 1. The van der Waals surface area contributed by atoms with Gasteiger partial charge in [-0.3, -0.25) is 4.40 Å². The van der Waals surface area contributed by atoms with Crippen LogP contribution in [0.3, 0.4) is 0 Å². The number of benzene rings is 1. The normalized spacial score (nSPS) is 10.8. The minimum atomic E-state index is -0.499. The Hall–Kier alpha value is -2.23. The molecule has 0 amide bonds. The molecule has 0 radical (unpaired) electrons. The Bertz CT molecular complexity index is 926. The number of anilines is 2. The van der Waals surface area contributed by atoms with E-state index in [9.17, 15) is 9.18 Å². The van der Waals surface area contributed by atoms with E-state index in [2.05, 4.69) is 15.5 Å². The molecule has 0 spiro atoms. The van der Waals surface area contributed by atoms with E-state index in [-0.39, 0.29) is 17.9 Å². The average Bonchev–Trinajstić information content (AvgIpc) is 2.90. The molecule has 2 aromatic heterocycles. The molecule has 0 unspecified atom stereocenters. The molecule has 24 heavy (non-hydrogen) atoms. The van der Waals surface area contributed by atoms with Crippen LogP contribution in [-0.2, 0) is 4.74 Å². The summed E-state index contributed by atoms with van der Waals surface area (Å²) in [5.74, 6) is -0.266. The molecule has 0 aliphatic carbocycles. The molecule has 0 aliphatic heterocycles. The van der Waals surface area contributed by atoms with Crippen LogP contribution < -0.4 is 5.32 Å². The topological polar surface area (TPSA) is 68.5 Å². The number of aromatic nitrogens is 3. The number of hydrogen-bond donors (Lipinski definition) is 1. The second kappa shape index (κ2) is 6.71. The summed E-state index contributed by atoms with van der Waals surface area (Å²) < 4.78 is 21.7. The lowest BCUT2D eigenvalue weighted by molar-refractivity contribution is 0.0527. The zero-order valence-electron chi connectivity index (χ0n) is 13.0. The Morgan fingerprint density at radius 1 is 1.33 bits per heavy atom. The van der Waals surface area contributed by atoms with Crippen molar-refractivity contribution in [3.63, 3.8) is 0 Å². The Labute approximate surface area is 151 Å². The molecule has 3 rings (SSSR count). The van der Waals surface area contributed by atoms with E-state index in [1.807, 2.05) is 22.6 Å². The molecule has 3 aromatic rings. The highest BCUT2D eigenvalue weighted by Crippen LogP contribution is 2.26. The Kier molecular flexibility index (Phi) is 4.65. The van der Waals surface area contributed by atoms with E-state index in [1.54, 1.807) is 42.6 Å². The SMILES string of the molecule is CCOC(=O)c1cn2c(C)nnc2cc1Nc1ccc(I)cc1F. The first kappa shape index (κ1) is 16.6. The van der Waals surface area contributed by atoms with Crippen molar-refractivity contribution in [3.05, 3.63) is 51.2 Å². The molecule has 6 nitrogen and oxygen atoms in total. The first-order chi connectivity index (χ1) is 11.5. The van der Waals surface area contributed by atoms with Gasteiger partial charge in [-0.25, -0.2) is 9.18 Å².